The first-order valence-electron chi connectivity index (χ1n) is 5.30. The zero-order chi connectivity index (χ0) is 14.9. The maximum absolute atomic E-state index is 9.26. The van der Waals surface area contributed by atoms with E-state index in [1.165, 1.54) is 0 Å². The summed E-state index contributed by atoms with van der Waals surface area (Å²) in [7, 11) is 0. The number of anilines is 1. The van der Waals surface area contributed by atoms with Gasteiger partial charge in [0.25, 0.3) is 0 Å². The smallest absolute Gasteiger partial charge is 0.123 e. The van der Waals surface area contributed by atoms with E-state index in [2.05, 4.69) is 4.98 Å². The monoisotopic (exact) mass is 320 g/mol. The number of rotatable bonds is 1. The molecule has 4 nitrogen and oxygen atoms in total. The number of halogens is 2. The van der Waals surface area contributed by atoms with E-state index in [4.69, 9.17) is 41.2 Å². The summed E-state index contributed by atoms with van der Waals surface area (Å²) < 4.78 is 0.162. The van der Waals surface area contributed by atoms with Crippen molar-refractivity contribution in [2.75, 3.05) is 5.73 Å². The predicted octanol–water partition coefficient (Wildman–Crippen LogP) is 4.04. The van der Waals surface area contributed by atoms with Crippen LogP contribution in [0.3, 0.4) is 0 Å². The Bertz CT molecular complexity index is 823. The lowest BCUT2D eigenvalue weighted by Crippen LogP contribution is -2.01. The summed E-state index contributed by atoms with van der Waals surface area (Å²) in [4.78, 5) is 2.63. The van der Waals surface area contributed by atoms with Crippen molar-refractivity contribution in [3.8, 4) is 23.3 Å². The number of hydrogen-bond acceptors (Lipinski definition) is 4. The van der Waals surface area contributed by atoms with Crippen LogP contribution in [0, 0.1) is 27.3 Å². The fourth-order valence-corrected chi connectivity index (χ4v) is 2.61. The van der Waals surface area contributed by atoms with Gasteiger partial charge in [-0.1, -0.05) is 35.4 Å². The van der Waals surface area contributed by atoms with Crippen molar-refractivity contribution < 1.29 is 0 Å². The van der Waals surface area contributed by atoms with Gasteiger partial charge in [-0.25, -0.2) is 0 Å². The molecule has 0 aliphatic rings. The summed E-state index contributed by atoms with van der Waals surface area (Å²) in [5.74, 6) is 0.0996. The van der Waals surface area contributed by atoms with E-state index >= 15 is 0 Å². The number of nitrogens with two attached hydrogens (primary N) is 1. The van der Waals surface area contributed by atoms with E-state index in [1.54, 1.807) is 18.2 Å². The van der Waals surface area contributed by atoms with Crippen molar-refractivity contribution in [3.63, 3.8) is 0 Å². The van der Waals surface area contributed by atoms with Crippen molar-refractivity contribution in [1.29, 1.82) is 10.5 Å². The van der Waals surface area contributed by atoms with Gasteiger partial charge in [0.2, 0.25) is 0 Å². The van der Waals surface area contributed by atoms with Gasteiger partial charge in [-0.15, -0.1) is 0 Å². The van der Waals surface area contributed by atoms with Gasteiger partial charge in [-0.2, -0.15) is 10.5 Å². The molecule has 0 fully saturated rings. The first-order chi connectivity index (χ1) is 9.47. The van der Waals surface area contributed by atoms with Crippen LogP contribution in [0.25, 0.3) is 11.1 Å². The molecule has 0 bridgehead atoms. The molecule has 0 aliphatic heterocycles. The van der Waals surface area contributed by atoms with Crippen molar-refractivity contribution in [1.82, 2.24) is 4.98 Å². The Morgan fingerprint density at radius 3 is 2.10 bits per heavy atom. The summed E-state index contributed by atoms with van der Waals surface area (Å²) >= 11 is 17.0. The second-order valence-electron chi connectivity index (χ2n) is 3.87. The summed E-state index contributed by atoms with van der Waals surface area (Å²) in [6.45, 7) is 0. The maximum Gasteiger partial charge on any atom is 0.123 e. The molecule has 0 aliphatic carbocycles. The summed E-state index contributed by atoms with van der Waals surface area (Å²) in [6, 6.07) is 8.68. The molecule has 2 rings (SSSR count). The summed E-state index contributed by atoms with van der Waals surface area (Å²) in [5.41, 5.74) is 6.89. The first-order valence-corrected chi connectivity index (χ1v) is 6.46. The third-order valence-electron chi connectivity index (χ3n) is 2.62. The largest absolute Gasteiger partial charge is 0.384 e. The molecule has 0 atom stereocenters. The molecule has 1 aromatic carbocycles. The molecule has 20 heavy (non-hydrogen) atoms. The molecule has 0 saturated heterocycles. The number of benzene rings is 1. The Hall–Kier alpha value is -2.05. The van der Waals surface area contributed by atoms with Crippen LogP contribution in [-0.4, -0.2) is 4.98 Å². The molecule has 1 heterocycles. The van der Waals surface area contributed by atoms with E-state index < -0.39 is 0 Å². The van der Waals surface area contributed by atoms with Crippen molar-refractivity contribution >= 4 is 41.2 Å². The molecule has 2 aromatic rings. The Morgan fingerprint density at radius 1 is 1.05 bits per heavy atom. The molecule has 0 amide bonds. The third-order valence-corrected chi connectivity index (χ3v) is 3.36. The highest BCUT2D eigenvalue weighted by Crippen LogP contribution is 2.33. The number of pyridine rings is 1. The van der Waals surface area contributed by atoms with Gasteiger partial charge in [-0.3, -0.25) is 0 Å². The number of nitrogens with zero attached hydrogens (tertiary/aromatic N) is 2. The number of hydrogen-bond donors (Lipinski definition) is 2. The lowest BCUT2D eigenvalue weighted by molar-refractivity contribution is 1.26. The lowest BCUT2D eigenvalue weighted by Gasteiger charge is -2.10. The average molecular weight is 321 g/mol. The van der Waals surface area contributed by atoms with Gasteiger partial charge >= 0.3 is 0 Å². The van der Waals surface area contributed by atoms with Crippen molar-refractivity contribution in [3.05, 3.63) is 44.0 Å². The molecule has 98 valence electrons. The van der Waals surface area contributed by atoms with Crippen LogP contribution in [0.4, 0.5) is 5.82 Å². The van der Waals surface area contributed by atoms with Gasteiger partial charge in [0, 0.05) is 15.6 Å². The third kappa shape index (κ3) is 2.48. The molecule has 3 N–H and O–H groups in total. The van der Waals surface area contributed by atoms with Crippen LogP contribution in [0.15, 0.2) is 18.2 Å². The minimum atomic E-state index is 0.0996. The fraction of sp³-hybridized carbons (Fsp3) is 0. The van der Waals surface area contributed by atoms with E-state index in [0.717, 1.165) is 0 Å². The van der Waals surface area contributed by atoms with E-state index in [0.29, 0.717) is 21.2 Å². The van der Waals surface area contributed by atoms with Gasteiger partial charge < -0.3 is 10.7 Å². The van der Waals surface area contributed by atoms with Crippen LogP contribution < -0.4 is 5.73 Å². The van der Waals surface area contributed by atoms with Crippen molar-refractivity contribution in [2.24, 2.45) is 0 Å². The number of nitriles is 2. The Balaban J connectivity index is 2.96. The topological polar surface area (TPSA) is 89.4 Å². The quantitative estimate of drug-likeness (QED) is 0.776. The molecule has 0 unspecified atom stereocenters. The van der Waals surface area contributed by atoms with E-state index in [1.807, 2.05) is 12.1 Å². The van der Waals surface area contributed by atoms with Crippen LogP contribution in [0.2, 0.25) is 10.0 Å². The molecule has 7 heteroatoms. The van der Waals surface area contributed by atoms with Gasteiger partial charge in [0.1, 0.15) is 28.2 Å². The summed E-state index contributed by atoms with van der Waals surface area (Å²) in [5, 5.41) is 19.3. The van der Waals surface area contributed by atoms with E-state index in [9.17, 15) is 10.5 Å². The van der Waals surface area contributed by atoms with Crippen LogP contribution >= 0.6 is 35.4 Å². The second-order valence-corrected chi connectivity index (χ2v) is 5.16. The summed E-state index contributed by atoms with van der Waals surface area (Å²) in [6.07, 6.45) is 0. The molecule has 0 spiro atoms. The highest BCUT2D eigenvalue weighted by molar-refractivity contribution is 7.71. The Labute approximate surface area is 130 Å². The zero-order valence-corrected chi connectivity index (χ0v) is 12.2. The normalized spacial score (nSPS) is 9.80. The van der Waals surface area contributed by atoms with Crippen LogP contribution in [0.5, 0.6) is 0 Å². The average Bonchev–Trinajstić information content (AvgIpc) is 2.36. The Morgan fingerprint density at radius 2 is 1.60 bits per heavy atom. The number of aromatic nitrogens is 1. The first kappa shape index (κ1) is 14.4. The molecule has 0 radical (unpaired) electrons. The van der Waals surface area contributed by atoms with Gasteiger partial charge in [0.05, 0.1) is 5.56 Å². The Kier molecular flexibility index (Phi) is 3.96. The van der Waals surface area contributed by atoms with Gasteiger partial charge in [-0.05, 0) is 23.8 Å². The highest BCUT2D eigenvalue weighted by atomic mass is 35.5. The molecule has 1 aromatic heterocycles. The van der Waals surface area contributed by atoms with Crippen molar-refractivity contribution in [2.45, 2.75) is 0 Å². The van der Waals surface area contributed by atoms with Gasteiger partial charge in [0.15, 0.2) is 0 Å². The predicted molar refractivity (Wildman–Crippen MR) is 80.9 cm³/mol. The minimum Gasteiger partial charge on any atom is -0.384 e. The maximum atomic E-state index is 9.26. The number of nitrogens with one attached hydrogen (secondary N) is 1. The zero-order valence-electron chi connectivity index (χ0n) is 9.87. The molecule has 0 saturated carbocycles. The lowest BCUT2D eigenvalue weighted by atomic mass is 9.97. The second kappa shape index (κ2) is 5.52. The molecular weight excluding hydrogens is 315 g/mol. The minimum absolute atomic E-state index is 0.0996. The SMILES string of the molecule is N#Cc1c(N)[nH]c(=S)c(C#N)c1-c1cc(Cl)cc(Cl)c1. The highest BCUT2D eigenvalue weighted by Gasteiger charge is 2.17. The molecular formula is C13H6Cl2N4S. The number of nitrogen functional groups attached to an aromatic ring is 1. The fourth-order valence-electron chi connectivity index (χ4n) is 1.83. The van der Waals surface area contributed by atoms with Crippen LogP contribution in [0.1, 0.15) is 11.1 Å². The standard InChI is InChI=1S/C13H6Cl2N4S/c14-7-1-6(2-8(15)3-7)11-9(4-16)12(18)19-13(20)10(11)5-17/h1-3H,(H3,18,19,20). The number of H-pyrrole nitrogens is 1. The number of aromatic amines is 1. The van der Waals surface area contributed by atoms with E-state index in [-0.39, 0.29) is 21.6 Å². The van der Waals surface area contributed by atoms with Crippen LogP contribution in [-0.2, 0) is 0 Å².